The van der Waals surface area contributed by atoms with Crippen LogP contribution in [0.3, 0.4) is 0 Å². The molecule has 3 aromatic heterocycles. The molecule has 3 aromatic rings. The summed E-state index contributed by atoms with van der Waals surface area (Å²) in [5.74, 6) is 0.702. The average Bonchev–Trinajstić information content (AvgIpc) is 2.87. The van der Waals surface area contributed by atoms with Crippen LogP contribution in [0.5, 0.6) is 0 Å². The van der Waals surface area contributed by atoms with Crippen LogP contribution in [-0.4, -0.2) is 30.2 Å². The van der Waals surface area contributed by atoms with Gasteiger partial charge in [0.2, 0.25) is 0 Å². The number of tetrazole rings is 1. The maximum absolute atomic E-state index is 4.29. The lowest BCUT2D eigenvalue weighted by Crippen LogP contribution is -2.10. The summed E-state index contributed by atoms with van der Waals surface area (Å²) < 4.78 is 1.38. The number of nitrogens with zero attached hydrogens (tertiary/aromatic N) is 6. The van der Waals surface area contributed by atoms with Gasteiger partial charge in [-0.05, 0) is 41.6 Å². The van der Waals surface area contributed by atoms with Crippen molar-refractivity contribution in [1.29, 1.82) is 0 Å². The molecule has 0 aliphatic rings. The first-order valence-corrected chi connectivity index (χ1v) is 5.56. The van der Waals surface area contributed by atoms with E-state index in [0.717, 1.165) is 5.69 Å². The summed E-state index contributed by atoms with van der Waals surface area (Å²) in [6.07, 6.45) is 1.77. The van der Waals surface area contributed by atoms with Gasteiger partial charge in [-0.15, -0.1) is 14.8 Å². The van der Waals surface area contributed by atoms with Gasteiger partial charge in [0, 0.05) is 6.20 Å². The van der Waals surface area contributed by atoms with Gasteiger partial charge in [-0.1, -0.05) is 6.07 Å². The molecule has 0 aliphatic carbocycles. The number of nitrogens with one attached hydrogen (secondary N) is 1. The molecule has 0 saturated carbocycles. The molecular weight excluding hydrogens is 230 g/mol. The van der Waals surface area contributed by atoms with Gasteiger partial charge in [0.05, 0.1) is 11.7 Å². The van der Waals surface area contributed by atoms with Gasteiger partial charge >= 0.3 is 0 Å². The molecular formula is C11H11N7. The zero-order valence-electron chi connectivity index (χ0n) is 9.72. The Morgan fingerprint density at radius 3 is 3.00 bits per heavy atom. The Kier molecular flexibility index (Phi) is 2.56. The highest BCUT2D eigenvalue weighted by molar-refractivity contribution is 5.43. The molecule has 0 unspecified atom stereocenters. The molecule has 18 heavy (non-hydrogen) atoms. The normalized spacial score (nSPS) is 12.5. The van der Waals surface area contributed by atoms with E-state index in [-0.39, 0.29) is 6.04 Å². The molecule has 3 heterocycles. The molecule has 3 rings (SSSR count). The molecule has 0 aromatic carbocycles. The van der Waals surface area contributed by atoms with Crippen molar-refractivity contribution < 1.29 is 0 Å². The van der Waals surface area contributed by atoms with Crippen molar-refractivity contribution >= 4 is 11.5 Å². The highest BCUT2D eigenvalue weighted by Crippen LogP contribution is 2.15. The van der Waals surface area contributed by atoms with Crippen molar-refractivity contribution in [2.75, 3.05) is 5.32 Å². The minimum atomic E-state index is 0.0626. The van der Waals surface area contributed by atoms with Crippen molar-refractivity contribution in [3.63, 3.8) is 0 Å². The molecule has 0 fully saturated rings. The van der Waals surface area contributed by atoms with Gasteiger partial charge in [0.1, 0.15) is 5.82 Å². The van der Waals surface area contributed by atoms with Crippen molar-refractivity contribution in [1.82, 2.24) is 30.2 Å². The lowest BCUT2D eigenvalue weighted by Gasteiger charge is -2.13. The van der Waals surface area contributed by atoms with E-state index in [0.29, 0.717) is 11.5 Å². The van der Waals surface area contributed by atoms with Crippen molar-refractivity contribution in [3.8, 4) is 0 Å². The predicted molar refractivity (Wildman–Crippen MR) is 64.9 cm³/mol. The maximum Gasteiger partial charge on any atom is 0.200 e. The molecule has 7 nitrogen and oxygen atoms in total. The Morgan fingerprint density at radius 1 is 1.22 bits per heavy atom. The topological polar surface area (TPSA) is 80.9 Å². The Morgan fingerprint density at radius 2 is 2.17 bits per heavy atom. The second kappa shape index (κ2) is 4.36. The fourth-order valence-corrected chi connectivity index (χ4v) is 1.65. The van der Waals surface area contributed by atoms with E-state index in [1.54, 1.807) is 12.3 Å². The number of aromatic nitrogens is 6. The summed E-state index contributed by atoms with van der Waals surface area (Å²) in [7, 11) is 0. The van der Waals surface area contributed by atoms with E-state index in [2.05, 4.69) is 30.9 Å². The summed E-state index contributed by atoms with van der Waals surface area (Å²) in [4.78, 5) is 4.29. The third-order valence-electron chi connectivity index (χ3n) is 2.57. The number of hydrogen-bond donors (Lipinski definition) is 1. The summed E-state index contributed by atoms with van der Waals surface area (Å²) in [5.41, 5.74) is 1.57. The Labute approximate surface area is 103 Å². The van der Waals surface area contributed by atoms with Gasteiger partial charge in [-0.25, -0.2) is 0 Å². The van der Waals surface area contributed by atoms with Crippen LogP contribution in [0.4, 0.5) is 5.82 Å². The number of anilines is 1. The second-order valence-electron chi connectivity index (χ2n) is 3.87. The van der Waals surface area contributed by atoms with E-state index in [1.165, 1.54) is 4.63 Å². The summed E-state index contributed by atoms with van der Waals surface area (Å²) in [5, 5.41) is 18.6. The summed E-state index contributed by atoms with van der Waals surface area (Å²) >= 11 is 0. The first-order valence-electron chi connectivity index (χ1n) is 5.56. The lowest BCUT2D eigenvalue weighted by molar-refractivity contribution is 0.725. The second-order valence-corrected chi connectivity index (χ2v) is 3.87. The number of rotatable bonds is 3. The van der Waals surface area contributed by atoms with Gasteiger partial charge < -0.3 is 5.32 Å². The molecule has 1 N–H and O–H groups in total. The molecule has 0 amide bonds. The van der Waals surface area contributed by atoms with Crippen molar-refractivity contribution in [2.45, 2.75) is 13.0 Å². The zero-order valence-corrected chi connectivity index (χ0v) is 9.72. The highest BCUT2D eigenvalue weighted by Gasteiger charge is 2.07. The molecule has 0 radical (unpaired) electrons. The molecule has 0 spiro atoms. The minimum absolute atomic E-state index is 0.0626. The van der Waals surface area contributed by atoms with E-state index >= 15 is 0 Å². The van der Waals surface area contributed by atoms with Crippen LogP contribution in [0.25, 0.3) is 5.65 Å². The van der Waals surface area contributed by atoms with Crippen LogP contribution in [0.1, 0.15) is 18.7 Å². The van der Waals surface area contributed by atoms with Crippen LogP contribution < -0.4 is 5.32 Å². The number of pyridine rings is 1. The highest BCUT2D eigenvalue weighted by atomic mass is 15.6. The Balaban J connectivity index is 1.83. The first-order chi connectivity index (χ1) is 8.83. The fraction of sp³-hybridized carbons (Fsp3) is 0.182. The standard InChI is InChI=1S/C11H11N7/c1-8(9-4-2-3-7-12-9)13-10-5-6-11-14-16-17-18(11)15-10/h2-8H,1H3,(H,13,15)/t8-/m0/s1. The summed E-state index contributed by atoms with van der Waals surface area (Å²) in [6, 6.07) is 9.52. The third kappa shape index (κ3) is 1.97. The van der Waals surface area contributed by atoms with Crippen molar-refractivity contribution in [3.05, 3.63) is 42.2 Å². The van der Waals surface area contributed by atoms with Crippen molar-refractivity contribution in [2.24, 2.45) is 0 Å². The monoisotopic (exact) mass is 241 g/mol. The van der Waals surface area contributed by atoms with Gasteiger partial charge in [-0.2, -0.15) is 0 Å². The van der Waals surface area contributed by atoms with Gasteiger partial charge in [-0.3, -0.25) is 4.98 Å². The molecule has 0 bridgehead atoms. The zero-order chi connectivity index (χ0) is 12.4. The lowest BCUT2D eigenvalue weighted by atomic mass is 10.2. The molecule has 1 atom stereocenters. The SMILES string of the molecule is C[C@H](Nc1ccc2nnnn2n1)c1ccccn1. The van der Waals surface area contributed by atoms with Crippen LogP contribution in [-0.2, 0) is 0 Å². The Hall–Kier alpha value is -2.57. The van der Waals surface area contributed by atoms with E-state index in [9.17, 15) is 0 Å². The van der Waals surface area contributed by atoms with E-state index in [1.807, 2.05) is 31.2 Å². The molecule has 0 saturated heterocycles. The van der Waals surface area contributed by atoms with Crippen LogP contribution >= 0.6 is 0 Å². The molecule has 7 heteroatoms. The fourth-order valence-electron chi connectivity index (χ4n) is 1.65. The number of fused-ring (bicyclic) bond motifs is 1. The van der Waals surface area contributed by atoms with Gasteiger partial charge in [0.15, 0.2) is 5.65 Å². The maximum atomic E-state index is 4.29. The van der Waals surface area contributed by atoms with Crippen LogP contribution in [0.2, 0.25) is 0 Å². The Bertz CT molecular complexity index is 649. The minimum Gasteiger partial charge on any atom is -0.360 e. The number of hydrogen-bond acceptors (Lipinski definition) is 6. The predicted octanol–water partition coefficient (Wildman–Crippen LogP) is 1.09. The average molecular weight is 241 g/mol. The smallest absolute Gasteiger partial charge is 0.200 e. The van der Waals surface area contributed by atoms with Crippen LogP contribution in [0, 0.1) is 0 Å². The molecule has 0 aliphatic heterocycles. The first kappa shape index (κ1) is 10.6. The van der Waals surface area contributed by atoms with E-state index < -0.39 is 0 Å². The van der Waals surface area contributed by atoms with Crippen LogP contribution in [0.15, 0.2) is 36.5 Å². The van der Waals surface area contributed by atoms with Gasteiger partial charge in [0.25, 0.3) is 0 Å². The third-order valence-corrected chi connectivity index (χ3v) is 2.57. The quantitative estimate of drug-likeness (QED) is 0.739. The largest absolute Gasteiger partial charge is 0.360 e. The summed E-state index contributed by atoms with van der Waals surface area (Å²) in [6.45, 7) is 2.02. The molecule has 90 valence electrons. The van der Waals surface area contributed by atoms with E-state index in [4.69, 9.17) is 0 Å².